The molecule has 6 nitrogen and oxygen atoms in total. The highest BCUT2D eigenvalue weighted by Crippen LogP contribution is 2.29. The molecule has 2 atom stereocenters. The molecule has 3 heterocycles. The van der Waals surface area contributed by atoms with Crippen molar-refractivity contribution >= 4 is 28.5 Å². The molecule has 0 unspecified atom stereocenters. The zero-order valence-electron chi connectivity index (χ0n) is 11.7. The molecular weight excluding hydrogens is 282 g/mol. The Labute approximate surface area is 126 Å². The SMILES string of the molecule is O=C1NC(=O)[C@@H]2CN(C(=O)c3cc4ccccc4cn3)C[C@H]12. The van der Waals surface area contributed by atoms with E-state index in [2.05, 4.69) is 10.3 Å². The van der Waals surface area contributed by atoms with Crippen molar-refractivity contribution < 1.29 is 14.4 Å². The van der Waals surface area contributed by atoms with Crippen molar-refractivity contribution in [2.45, 2.75) is 0 Å². The van der Waals surface area contributed by atoms with Gasteiger partial charge in [-0.25, -0.2) is 0 Å². The van der Waals surface area contributed by atoms with Crippen LogP contribution in [0.3, 0.4) is 0 Å². The summed E-state index contributed by atoms with van der Waals surface area (Å²) in [6.45, 7) is 0.547. The third-order valence-electron chi connectivity index (χ3n) is 4.38. The van der Waals surface area contributed by atoms with E-state index in [1.807, 2.05) is 24.3 Å². The Bertz CT molecular complexity index is 795. The lowest BCUT2D eigenvalue weighted by molar-refractivity contribution is -0.126. The van der Waals surface area contributed by atoms with Crippen molar-refractivity contribution in [1.29, 1.82) is 0 Å². The van der Waals surface area contributed by atoms with Crippen LogP contribution in [0.25, 0.3) is 10.8 Å². The van der Waals surface area contributed by atoms with Crippen LogP contribution in [0.15, 0.2) is 36.5 Å². The Balaban J connectivity index is 1.61. The second-order valence-corrected chi connectivity index (χ2v) is 5.69. The van der Waals surface area contributed by atoms with Gasteiger partial charge >= 0.3 is 0 Å². The molecule has 0 saturated carbocycles. The number of fused-ring (bicyclic) bond motifs is 2. The number of nitrogens with zero attached hydrogens (tertiary/aromatic N) is 2. The first-order chi connectivity index (χ1) is 10.6. The van der Waals surface area contributed by atoms with Gasteiger partial charge in [0.15, 0.2) is 0 Å². The Morgan fingerprint density at radius 2 is 1.73 bits per heavy atom. The number of pyridine rings is 1. The number of rotatable bonds is 1. The molecule has 3 amide bonds. The van der Waals surface area contributed by atoms with Crippen molar-refractivity contribution in [1.82, 2.24) is 15.2 Å². The first kappa shape index (κ1) is 12.9. The van der Waals surface area contributed by atoms with E-state index < -0.39 is 11.8 Å². The van der Waals surface area contributed by atoms with Crippen LogP contribution in [0, 0.1) is 11.8 Å². The van der Waals surface area contributed by atoms with Crippen LogP contribution in [0.4, 0.5) is 0 Å². The minimum Gasteiger partial charge on any atom is -0.336 e. The van der Waals surface area contributed by atoms with Crippen LogP contribution in [0.1, 0.15) is 10.5 Å². The summed E-state index contributed by atoms with van der Waals surface area (Å²) in [6.07, 6.45) is 1.66. The van der Waals surface area contributed by atoms with Gasteiger partial charge in [-0.15, -0.1) is 0 Å². The first-order valence-electron chi connectivity index (χ1n) is 7.12. The van der Waals surface area contributed by atoms with Gasteiger partial charge in [-0.2, -0.15) is 0 Å². The number of benzene rings is 1. The quantitative estimate of drug-likeness (QED) is 0.781. The third-order valence-corrected chi connectivity index (χ3v) is 4.38. The number of imide groups is 1. The van der Waals surface area contributed by atoms with Crippen molar-refractivity contribution in [2.75, 3.05) is 13.1 Å². The van der Waals surface area contributed by atoms with E-state index in [1.54, 1.807) is 17.2 Å². The van der Waals surface area contributed by atoms with Crippen LogP contribution < -0.4 is 5.32 Å². The number of likely N-dealkylation sites (tertiary alicyclic amines) is 1. The number of hydrogen-bond donors (Lipinski definition) is 1. The predicted octanol–water partition coefficient (Wildman–Crippen LogP) is 0.579. The minimum atomic E-state index is -0.420. The zero-order valence-corrected chi connectivity index (χ0v) is 11.7. The van der Waals surface area contributed by atoms with E-state index in [9.17, 15) is 14.4 Å². The highest BCUT2D eigenvalue weighted by molar-refractivity contribution is 6.07. The van der Waals surface area contributed by atoms with E-state index in [4.69, 9.17) is 0 Å². The maximum atomic E-state index is 12.6. The summed E-state index contributed by atoms with van der Waals surface area (Å²) < 4.78 is 0. The minimum absolute atomic E-state index is 0.235. The van der Waals surface area contributed by atoms with E-state index in [-0.39, 0.29) is 30.8 Å². The molecule has 0 aliphatic carbocycles. The molecule has 2 aliphatic rings. The molecule has 0 spiro atoms. The van der Waals surface area contributed by atoms with Crippen molar-refractivity contribution in [2.24, 2.45) is 11.8 Å². The van der Waals surface area contributed by atoms with Gasteiger partial charge in [0.1, 0.15) is 5.69 Å². The van der Waals surface area contributed by atoms with E-state index >= 15 is 0 Å². The summed E-state index contributed by atoms with van der Waals surface area (Å²) >= 11 is 0. The Morgan fingerprint density at radius 3 is 2.41 bits per heavy atom. The number of carbonyl (C=O) groups is 3. The highest BCUT2D eigenvalue weighted by Gasteiger charge is 2.49. The van der Waals surface area contributed by atoms with E-state index in [1.165, 1.54) is 0 Å². The van der Waals surface area contributed by atoms with E-state index in [0.29, 0.717) is 5.69 Å². The lowest BCUT2D eigenvalue weighted by Gasteiger charge is -2.16. The van der Waals surface area contributed by atoms with Crippen LogP contribution in [0.2, 0.25) is 0 Å². The van der Waals surface area contributed by atoms with Gasteiger partial charge in [0, 0.05) is 24.7 Å². The predicted molar refractivity (Wildman–Crippen MR) is 77.8 cm³/mol. The molecule has 0 radical (unpaired) electrons. The number of aromatic nitrogens is 1. The van der Waals surface area contributed by atoms with Crippen molar-refractivity contribution in [3.63, 3.8) is 0 Å². The molecule has 2 saturated heterocycles. The summed E-state index contributed by atoms with van der Waals surface area (Å²) in [6, 6.07) is 9.41. The van der Waals surface area contributed by atoms with Gasteiger partial charge in [-0.1, -0.05) is 24.3 Å². The Hall–Kier alpha value is -2.76. The first-order valence-corrected chi connectivity index (χ1v) is 7.12. The molecule has 110 valence electrons. The van der Waals surface area contributed by atoms with Gasteiger partial charge in [-0.3, -0.25) is 24.7 Å². The summed E-state index contributed by atoms with van der Waals surface area (Å²) in [4.78, 5) is 41.6. The Morgan fingerprint density at radius 1 is 1.09 bits per heavy atom. The number of nitrogens with one attached hydrogen (secondary N) is 1. The normalized spacial score (nSPS) is 23.7. The van der Waals surface area contributed by atoms with Crippen LogP contribution >= 0.6 is 0 Å². The van der Waals surface area contributed by atoms with Crippen molar-refractivity contribution in [3.05, 3.63) is 42.2 Å². The summed E-state index contributed by atoms with van der Waals surface area (Å²) in [7, 11) is 0. The fraction of sp³-hybridized carbons (Fsp3) is 0.250. The lowest BCUT2D eigenvalue weighted by atomic mass is 10.00. The monoisotopic (exact) mass is 295 g/mol. The summed E-state index contributed by atoms with van der Waals surface area (Å²) in [5.74, 6) is -1.64. The number of amides is 3. The van der Waals surface area contributed by atoms with E-state index in [0.717, 1.165) is 10.8 Å². The average Bonchev–Trinajstić information content (AvgIpc) is 3.08. The highest BCUT2D eigenvalue weighted by atomic mass is 16.2. The van der Waals surface area contributed by atoms with Gasteiger partial charge in [0.05, 0.1) is 11.8 Å². The fourth-order valence-corrected chi connectivity index (χ4v) is 3.17. The van der Waals surface area contributed by atoms with Crippen LogP contribution in [0.5, 0.6) is 0 Å². The zero-order chi connectivity index (χ0) is 15.3. The summed E-state index contributed by atoms with van der Waals surface area (Å²) in [5, 5.41) is 4.21. The number of carbonyl (C=O) groups excluding carboxylic acids is 3. The molecule has 0 bridgehead atoms. The molecule has 1 N–H and O–H groups in total. The van der Waals surface area contributed by atoms with Gasteiger partial charge in [0.25, 0.3) is 5.91 Å². The number of hydrogen-bond acceptors (Lipinski definition) is 4. The molecule has 1 aromatic heterocycles. The topological polar surface area (TPSA) is 79.4 Å². The van der Waals surface area contributed by atoms with Gasteiger partial charge < -0.3 is 4.90 Å². The fourth-order valence-electron chi connectivity index (χ4n) is 3.17. The molecule has 22 heavy (non-hydrogen) atoms. The maximum Gasteiger partial charge on any atom is 0.272 e. The van der Waals surface area contributed by atoms with Crippen molar-refractivity contribution in [3.8, 4) is 0 Å². The maximum absolute atomic E-state index is 12.6. The second kappa shape index (κ2) is 4.62. The molecule has 2 fully saturated rings. The largest absolute Gasteiger partial charge is 0.336 e. The summed E-state index contributed by atoms with van der Waals surface area (Å²) in [5.41, 5.74) is 0.339. The molecule has 6 heteroatoms. The van der Waals surface area contributed by atoms with Crippen LogP contribution in [-0.4, -0.2) is 40.7 Å². The van der Waals surface area contributed by atoms with Gasteiger partial charge in [0.2, 0.25) is 11.8 Å². The molecular formula is C16H13N3O3. The van der Waals surface area contributed by atoms with Gasteiger partial charge in [-0.05, 0) is 11.5 Å². The smallest absolute Gasteiger partial charge is 0.272 e. The molecule has 1 aromatic carbocycles. The molecule has 4 rings (SSSR count). The molecule has 2 aromatic rings. The lowest BCUT2D eigenvalue weighted by Crippen LogP contribution is -2.35. The second-order valence-electron chi connectivity index (χ2n) is 5.69. The molecule has 2 aliphatic heterocycles. The average molecular weight is 295 g/mol. The third kappa shape index (κ3) is 1.88. The standard InChI is InChI=1S/C16H13N3O3/c20-14-11-7-19(8-12(11)15(21)18-14)16(22)13-5-9-3-1-2-4-10(9)6-17-13/h1-6,11-12H,7-8H2,(H,18,20,21)/t11-,12+. The van der Waals surface area contributed by atoms with Crippen LogP contribution in [-0.2, 0) is 9.59 Å². The Kier molecular flexibility index (Phi) is 2.72.